The van der Waals surface area contributed by atoms with Gasteiger partial charge in [-0.3, -0.25) is 9.89 Å². The van der Waals surface area contributed by atoms with Crippen LogP contribution in [0.25, 0.3) is 16.9 Å². The Labute approximate surface area is 159 Å². The van der Waals surface area contributed by atoms with Crippen molar-refractivity contribution in [1.29, 1.82) is 0 Å². The van der Waals surface area contributed by atoms with E-state index >= 15 is 0 Å². The van der Waals surface area contributed by atoms with Crippen molar-refractivity contribution in [2.24, 2.45) is 0 Å². The summed E-state index contributed by atoms with van der Waals surface area (Å²) >= 11 is 0. The molecule has 0 amide bonds. The molecule has 8 heteroatoms. The Morgan fingerprint density at radius 2 is 1.96 bits per heavy atom. The predicted molar refractivity (Wildman–Crippen MR) is 102 cm³/mol. The van der Waals surface area contributed by atoms with Crippen LogP contribution >= 0.6 is 0 Å². The summed E-state index contributed by atoms with van der Waals surface area (Å²) in [5, 5.41) is 2.97. The van der Waals surface area contributed by atoms with E-state index in [1.54, 1.807) is 37.4 Å². The van der Waals surface area contributed by atoms with Crippen LogP contribution in [0.4, 0.5) is 0 Å². The number of nitrogens with zero attached hydrogens (tertiary/aromatic N) is 3. The molecule has 1 N–H and O–H groups in total. The van der Waals surface area contributed by atoms with Gasteiger partial charge in [0.15, 0.2) is 5.65 Å². The Morgan fingerprint density at radius 3 is 2.68 bits per heavy atom. The number of benzene rings is 1. The van der Waals surface area contributed by atoms with Crippen molar-refractivity contribution in [2.75, 3.05) is 6.61 Å². The van der Waals surface area contributed by atoms with E-state index in [4.69, 9.17) is 9.47 Å². The largest absolute Gasteiger partial charge is 0.462 e. The number of carbonyl (C=O) groups excluding carboxylic acids is 1. The molecule has 0 atom stereocenters. The average Bonchev–Trinajstić information content (AvgIpc) is 3.15. The molecule has 0 fully saturated rings. The number of carbonyl (C=O) groups is 1. The van der Waals surface area contributed by atoms with Crippen LogP contribution in [0.2, 0.25) is 0 Å². The number of aromatic amines is 1. The molecule has 0 bridgehead atoms. The number of H-pyrrole nitrogens is 1. The first-order chi connectivity index (χ1) is 13.7. The molecule has 0 spiro atoms. The van der Waals surface area contributed by atoms with Crippen molar-refractivity contribution in [3.63, 3.8) is 0 Å². The van der Waals surface area contributed by atoms with Crippen LogP contribution in [0.5, 0.6) is 11.6 Å². The number of ether oxygens (including phenoxy) is 2. The number of hydrogen-bond donors (Lipinski definition) is 1. The van der Waals surface area contributed by atoms with E-state index < -0.39 is 11.5 Å². The predicted octanol–water partition coefficient (Wildman–Crippen LogP) is 3.05. The maximum atomic E-state index is 12.5. The van der Waals surface area contributed by atoms with E-state index in [1.165, 1.54) is 10.7 Å². The zero-order chi connectivity index (χ0) is 19.5. The molecule has 0 aliphatic carbocycles. The van der Waals surface area contributed by atoms with E-state index in [9.17, 15) is 9.59 Å². The van der Waals surface area contributed by atoms with E-state index in [0.717, 1.165) is 5.56 Å². The SMILES string of the molecule is CCOC(=O)c1cnc2cc(-c3ccc(Oc4ccccn4)cc3)[nH]n2c1=O. The molecule has 0 aliphatic rings. The third-order valence-electron chi connectivity index (χ3n) is 4.02. The van der Waals surface area contributed by atoms with Gasteiger partial charge in [0.2, 0.25) is 5.88 Å². The molecule has 3 heterocycles. The van der Waals surface area contributed by atoms with Crippen molar-refractivity contribution in [2.45, 2.75) is 6.92 Å². The monoisotopic (exact) mass is 376 g/mol. The number of aromatic nitrogens is 4. The minimum absolute atomic E-state index is 0.119. The molecular formula is C20H16N4O4. The maximum Gasteiger partial charge on any atom is 0.345 e. The Balaban J connectivity index is 1.63. The highest BCUT2D eigenvalue weighted by Gasteiger charge is 2.16. The number of hydrogen-bond acceptors (Lipinski definition) is 6. The summed E-state index contributed by atoms with van der Waals surface area (Å²) in [6, 6.07) is 14.5. The average molecular weight is 376 g/mol. The second kappa shape index (κ2) is 7.36. The summed E-state index contributed by atoms with van der Waals surface area (Å²) in [5.41, 5.74) is 1.28. The topological polar surface area (TPSA) is 98.6 Å². The van der Waals surface area contributed by atoms with Crippen molar-refractivity contribution in [3.8, 4) is 22.9 Å². The van der Waals surface area contributed by atoms with E-state index in [-0.39, 0.29) is 12.2 Å². The third kappa shape index (κ3) is 3.35. The molecular weight excluding hydrogens is 360 g/mol. The number of esters is 1. The Kier molecular flexibility index (Phi) is 4.59. The fourth-order valence-corrected chi connectivity index (χ4v) is 2.69. The zero-order valence-corrected chi connectivity index (χ0v) is 15.0. The standard InChI is InChI=1S/C20H16N4O4/c1-2-27-20(26)15-12-22-17-11-16(23-24(17)19(15)25)13-6-8-14(9-7-13)28-18-5-3-4-10-21-18/h3-12,23H,2H2,1H3. The Hall–Kier alpha value is -3.94. The normalized spacial score (nSPS) is 10.8. The van der Waals surface area contributed by atoms with Gasteiger partial charge in [0, 0.05) is 24.5 Å². The molecule has 4 rings (SSSR count). The van der Waals surface area contributed by atoms with Crippen LogP contribution in [-0.2, 0) is 4.74 Å². The molecule has 8 nitrogen and oxygen atoms in total. The summed E-state index contributed by atoms with van der Waals surface area (Å²) in [6.07, 6.45) is 2.89. The van der Waals surface area contributed by atoms with Crippen LogP contribution in [0.1, 0.15) is 17.3 Å². The lowest BCUT2D eigenvalue weighted by Gasteiger charge is -2.05. The summed E-state index contributed by atoms with van der Waals surface area (Å²) in [4.78, 5) is 32.7. The lowest BCUT2D eigenvalue weighted by atomic mass is 10.1. The Bertz CT molecular complexity index is 1180. The smallest absolute Gasteiger partial charge is 0.345 e. The van der Waals surface area contributed by atoms with Gasteiger partial charge in [-0.25, -0.2) is 19.3 Å². The summed E-state index contributed by atoms with van der Waals surface area (Å²) < 4.78 is 11.8. The van der Waals surface area contributed by atoms with Gasteiger partial charge in [0.25, 0.3) is 5.56 Å². The highest BCUT2D eigenvalue weighted by atomic mass is 16.5. The maximum absolute atomic E-state index is 12.5. The number of fused-ring (bicyclic) bond motifs is 1. The molecule has 3 aromatic heterocycles. The van der Waals surface area contributed by atoms with Gasteiger partial charge < -0.3 is 9.47 Å². The highest BCUT2D eigenvalue weighted by molar-refractivity contribution is 5.88. The van der Waals surface area contributed by atoms with Crippen molar-refractivity contribution >= 4 is 11.6 Å². The van der Waals surface area contributed by atoms with Gasteiger partial charge in [-0.1, -0.05) is 6.07 Å². The number of nitrogens with one attached hydrogen (secondary N) is 1. The van der Waals surface area contributed by atoms with Crippen LogP contribution in [0.15, 0.2) is 65.7 Å². The summed E-state index contributed by atoms with van der Waals surface area (Å²) in [6.45, 7) is 1.86. The fourth-order valence-electron chi connectivity index (χ4n) is 2.69. The van der Waals surface area contributed by atoms with Crippen LogP contribution < -0.4 is 10.3 Å². The van der Waals surface area contributed by atoms with Crippen molar-refractivity contribution in [3.05, 3.63) is 76.8 Å². The van der Waals surface area contributed by atoms with Crippen molar-refractivity contribution in [1.82, 2.24) is 19.6 Å². The fraction of sp³-hybridized carbons (Fsp3) is 0.100. The van der Waals surface area contributed by atoms with E-state index in [0.29, 0.717) is 23.0 Å². The van der Waals surface area contributed by atoms with Gasteiger partial charge in [-0.15, -0.1) is 0 Å². The second-order valence-corrected chi connectivity index (χ2v) is 5.86. The molecule has 1 aromatic carbocycles. The van der Waals surface area contributed by atoms with Gasteiger partial charge in [0.1, 0.15) is 11.3 Å². The summed E-state index contributed by atoms with van der Waals surface area (Å²) in [7, 11) is 0. The second-order valence-electron chi connectivity index (χ2n) is 5.86. The highest BCUT2D eigenvalue weighted by Crippen LogP contribution is 2.24. The number of pyridine rings is 1. The number of rotatable bonds is 5. The van der Waals surface area contributed by atoms with Gasteiger partial charge in [-0.05, 0) is 42.8 Å². The molecule has 0 aliphatic heterocycles. The van der Waals surface area contributed by atoms with Crippen molar-refractivity contribution < 1.29 is 14.3 Å². The first kappa shape index (κ1) is 17.5. The lowest BCUT2D eigenvalue weighted by molar-refractivity contribution is 0.0523. The molecule has 4 aromatic rings. The van der Waals surface area contributed by atoms with Gasteiger partial charge in [-0.2, -0.15) is 0 Å². The molecule has 0 unspecified atom stereocenters. The zero-order valence-electron chi connectivity index (χ0n) is 15.0. The van der Waals surface area contributed by atoms with Crippen LogP contribution in [0, 0.1) is 0 Å². The first-order valence-corrected chi connectivity index (χ1v) is 8.63. The Morgan fingerprint density at radius 1 is 1.14 bits per heavy atom. The lowest BCUT2D eigenvalue weighted by Crippen LogP contribution is -2.24. The minimum Gasteiger partial charge on any atom is -0.462 e. The first-order valence-electron chi connectivity index (χ1n) is 8.63. The third-order valence-corrected chi connectivity index (χ3v) is 4.02. The van der Waals surface area contributed by atoms with Gasteiger partial charge in [0.05, 0.1) is 12.3 Å². The summed E-state index contributed by atoms with van der Waals surface area (Å²) in [5.74, 6) is 0.447. The molecule has 0 saturated heterocycles. The van der Waals surface area contributed by atoms with Gasteiger partial charge >= 0.3 is 5.97 Å². The van der Waals surface area contributed by atoms with Crippen LogP contribution in [0.3, 0.4) is 0 Å². The molecule has 0 saturated carbocycles. The molecule has 140 valence electrons. The quantitative estimate of drug-likeness (QED) is 0.538. The van der Waals surface area contributed by atoms with E-state index in [2.05, 4.69) is 15.1 Å². The molecule has 28 heavy (non-hydrogen) atoms. The minimum atomic E-state index is -0.693. The van der Waals surface area contributed by atoms with Crippen LogP contribution in [-0.4, -0.2) is 32.2 Å². The van der Waals surface area contributed by atoms with E-state index in [1.807, 2.05) is 24.3 Å². The molecule has 0 radical (unpaired) electrons.